The Morgan fingerprint density at radius 3 is 2.44 bits per heavy atom. The van der Waals surface area contributed by atoms with E-state index in [1.807, 2.05) is 80.3 Å². The maximum absolute atomic E-state index is 12.6. The molecule has 2 rings (SSSR count). The van der Waals surface area contributed by atoms with Gasteiger partial charge in [-0.05, 0) is 31.5 Å². The number of rotatable bonds is 8. The number of hydrogen-bond donors (Lipinski definition) is 1. The van der Waals surface area contributed by atoms with Crippen molar-refractivity contribution in [1.29, 1.82) is 0 Å². The number of nitrogens with zero attached hydrogens (tertiary/aromatic N) is 4. The molecule has 0 radical (unpaired) electrons. The van der Waals surface area contributed by atoms with Gasteiger partial charge in [0.25, 0.3) is 0 Å². The number of aliphatic imine (C=N–C) groups is 1. The van der Waals surface area contributed by atoms with Gasteiger partial charge in [0.15, 0.2) is 5.96 Å². The van der Waals surface area contributed by atoms with Gasteiger partial charge in [0.05, 0.1) is 6.54 Å². The third-order valence-electron chi connectivity index (χ3n) is 4.46. The summed E-state index contributed by atoms with van der Waals surface area (Å²) in [5.41, 5.74) is 2.32. The van der Waals surface area contributed by atoms with Crippen LogP contribution in [0.4, 0.5) is 0 Å². The third-order valence-corrected chi connectivity index (χ3v) is 4.46. The van der Waals surface area contributed by atoms with E-state index < -0.39 is 0 Å². The number of benzene rings is 1. The lowest BCUT2D eigenvalue weighted by atomic mass is 10.2. The van der Waals surface area contributed by atoms with Crippen molar-refractivity contribution < 1.29 is 4.79 Å². The number of aromatic nitrogens is 1. The van der Waals surface area contributed by atoms with Gasteiger partial charge >= 0.3 is 0 Å². The van der Waals surface area contributed by atoms with Crippen LogP contribution in [0, 0.1) is 0 Å². The summed E-state index contributed by atoms with van der Waals surface area (Å²) < 4.78 is 2.09. The second-order valence-electron chi connectivity index (χ2n) is 6.53. The lowest BCUT2D eigenvalue weighted by Gasteiger charge is -2.23. The fourth-order valence-corrected chi connectivity index (χ4v) is 2.87. The van der Waals surface area contributed by atoms with Gasteiger partial charge in [0.1, 0.15) is 6.54 Å². The molecule has 27 heavy (non-hydrogen) atoms. The molecule has 0 bridgehead atoms. The molecule has 0 aliphatic heterocycles. The van der Waals surface area contributed by atoms with Crippen molar-refractivity contribution >= 4 is 11.9 Å². The molecule has 2 aromatic rings. The second kappa shape index (κ2) is 10.4. The summed E-state index contributed by atoms with van der Waals surface area (Å²) in [7, 11) is 4.01. The first kappa shape index (κ1) is 20.6. The van der Waals surface area contributed by atoms with Crippen LogP contribution >= 0.6 is 0 Å². The van der Waals surface area contributed by atoms with Gasteiger partial charge in [0.2, 0.25) is 5.91 Å². The molecule has 1 heterocycles. The van der Waals surface area contributed by atoms with Gasteiger partial charge in [-0.3, -0.25) is 4.79 Å². The number of carbonyl (C=O) groups excluding carboxylic acids is 1. The first-order valence-electron chi connectivity index (χ1n) is 9.46. The van der Waals surface area contributed by atoms with Crippen LogP contribution in [0.3, 0.4) is 0 Å². The molecule has 1 aromatic carbocycles. The standard InChI is InChI=1S/C21H31N5O/c1-5-22-21(25(4)17-19-13-10-14-24(19)3)23-15-20(27)26(6-2)16-18-11-8-7-9-12-18/h7-14H,5-6,15-17H2,1-4H3,(H,22,23). The van der Waals surface area contributed by atoms with Crippen LogP contribution in [0.5, 0.6) is 0 Å². The van der Waals surface area contributed by atoms with Gasteiger partial charge in [-0.1, -0.05) is 30.3 Å². The minimum absolute atomic E-state index is 0.0315. The Bertz CT molecular complexity index is 738. The molecule has 0 fully saturated rings. The molecule has 0 atom stereocenters. The molecule has 0 spiro atoms. The fourth-order valence-electron chi connectivity index (χ4n) is 2.87. The summed E-state index contributed by atoms with van der Waals surface area (Å²) in [6.07, 6.45) is 2.03. The molecule has 0 aliphatic carbocycles. The van der Waals surface area contributed by atoms with Crippen LogP contribution in [-0.2, 0) is 24.9 Å². The van der Waals surface area contributed by atoms with Crippen molar-refractivity contribution in [3.05, 3.63) is 59.9 Å². The number of nitrogens with one attached hydrogen (secondary N) is 1. The van der Waals surface area contributed by atoms with E-state index in [1.54, 1.807) is 0 Å². The largest absolute Gasteiger partial charge is 0.357 e. The highest BCUT2D eigenvalue weighted by Crippen LogP contribution is 2.06. The lowest BCUT2D eigenvalue weighted by Crippen LogP contribution is -2.40. The summed E-state index contributed by atoms with van der Waals surface area (Å²) >= 11 is 0. The summed E-state index contributed by atoms with van der Waals surface area (Å²) in [5, 5.41) is 3.27. The Kier molecular flexibility index (Phi) is 7.92. The maximum Gasteiger partial charge on any atom is 0.244 e. The molecule has 1 aromatic heterocycles. The van der Waals surface area contributed by atoms with Crippen LogP contribution in [0.2, 0.25) is 0 Å². The van der Waals surface area contributed by atoms with Crippen molar-refractivity contribution in [1.82, 2.24) is 19.7 Å². The van der Waals surface area contributed by atoms with E-state index in [1.165, 1.54) is 5.69 Å². The molecule has 6 nitrogen and oxygen atoms in total. The summed E-state index contributed by atoms with van der Waals surface area (Å²) in [4.78, 5) is 21.1. The molecule has 0 aliphatic rings. The zero-order chi connectivity index (χ0) is 19.6. The predicted molar refractivity (Wildman–Crippen MR) is 110 cm³/mol. The monoisotopic (exact) mass is 369 g/mol. The van der Waals surface area contributed by atoms with E-state index in [-0.39, 0.29) is 12.5 Å². The normalized spacial score (nSPS) is 11.3. The zero-order valence-corrected chi connectivity index (χ0v) is 16.9. The molecular weight excluding hydrogens is 338 g/mol. The topological polar surface area (TPSA) is 52.9 Å². The van der Waals surface area contributed by atoms with Crippen molar-refractivity contribution in [2.45, 2.75) is 26.9 Å². The lowest BCUT2D eigenvalue weighted by molar-refractivity contribution is -0.130. The highest BCUT2D eigenvalue weighted by molar-refractivity contribution is 5.84. The van der Waals surface area contributed by atoms with Crippen molar-refractivity contribution in [2.24, 2.45) is 12.0 Å². The average Bonchev–Trinajstić information content (AvgIpc) is 3.08. The molecule has 0 unspecified atom stereocenters. The molecule has 1 amide bonds. The van der Waals surface area contributed by atoms with Crippen LogP contribution in [0.25, 0.3) is 0 Å². The van der Waals surface area contributed by atoms with Crippen LogP contribution in [-0.4, -0.2) is 52.9 Å². The molecule has 0 saturated heterocycles. The molecule has 1 N–H and O–H groups in total. The van der Waals surface area contributed by atoms with E-state index in [4.69, 9.17) is 0 Å². The van der Waals surface area contributed by atoms with Gasteiger partial charge in [0, 0.05) is 45.6 Å². The Labute approximate surface area is 162 Å². The predicted octanol–water partition coefficient (Wildman–Crippen LogP) is 2.47. The molecular formula is C21H31N5O. The van der Waals surface area contributed by atoms with Crippen molar-refractivity contribution in [2.75, 3.05) is 26.7 Å². The number of carbonyl (C=O) groups is 1. The average molecular weight is 370 g/mol. The van der Waals surface area contributed by atoms with Crippen LogP contribution in [0.15, 0.2) is 53.7 Å². The minimum Gasteiger partial charge on any atom is -0.357 e. The summed E-state index contributed by atoms with van der Waals surface area (Å²) in [6.45, 7) is 6.93. The Hall–Kier alpha value is -2.76. The number of likely N-dealkylation sites (N-methyl/N-ethyl adjacent to an activating group) is 1. The SMILES string of the molecule is CCNC(=NCC(=O)N(CC)Cc1ccccc1)N(C)Cc1cccn1C. The Balaban J connectivity index is 2.01. The maximum atomic E-state index is 12.6. The molecule has 146 valence electrons. The van der Waals surface area contributed by atoms with Gasteiger partial charge in [-0.15, -0.1) is 0 Å². The first-order chi connectivity index (χ1) is 13.0. The Morgan fingerprint density at radius 1 is 1.11 bits per heavy atom. The molecule has 6 heteroatoms. The summed E-state index contributed by atoms with van der Waals surface area (Å²) in [5.74, 6) is 0.770. The van der Waals surface area contributed by atoms with E-state index in [2.05, 4.69) is 20.9 Å². The van der Waals surface area contributed by atoms with E-state index >= 15 is 0 Å². The van der Waals surface area contributed by atoms with Gasteiger partial charge in [-0.2, -0.15) is 0 Å². The van der Waals surface area contributed by atoms with E-state index in [0.29, 0.717) is 13.1 Å². The fraction of sp³-hybridized carbons (Fsp3) is 0.429. The zero-order valence-electron chi connectivity index (χ0n) is 16.9. The minimum atomic E-state index is 0.0315. The third kappa shape index (κ3) is 6.16. The smallest absolute Gasteiger partial charge is 0.244 e. The van der Waals surface area contributed by atoms with Crippen molar-refractivity contribution in [3.63, 3.8) is 0 Å². The first-order valence-corrected chi connectivity index (χ1v) is 9.46. The summed E-state index contributed by atoms with van der Waals surface area (Å²) in [6, 6.07) is 14.2. The van der Waals surface area contributed by atoms with Gasteiger partial charge in [-0.25, -0.2) is 4.99 Å². The number of guanidine groups is 1. The van der Waals surface area contributed by atoms with E-state index in [0.717, 1.165) is 24.6 Å². The second-order valence-corrected chi connectivity index (χ2v) is 6.53. The van der Waals surface area contributed by atoms with Crippen molar-refractivity contribution in [3.8, 4) is 0 Å². The quantitative estimate of drug-likeness (QED) is 0.574. The number of amides is 1. The highest BCUT2D eigenvalue weighted by Gasteiger charge is 2.14. The number of aryl methyl sites for hydroxylation is 1. The Morgan fingerprint density at radius 2 is 1.85 bits per heavy atom. The van der Waals surface area contributed by atoms with Crippen LogP contribution < -0.4 is 5.32 Å². The van der Waals surface area contributed by atoms with Gasteiger partial charge < -0.3 is 19.7 Å². The molecule has 0 saturated carbocycles. The van der Waals surface area contributed by atoms with E-state index in [9.17, 15) is 4.79 Å². The van der Waals surface area contributed by atoms with Crippen LogP contribution in [0.1, 0.15) is 25.1 Å². The number of hydrogen-bond acceptors (Lipinski definition) is 2. The highest BCUT2D eigenvalue weighted by atomic mass is 16.2.